The first kappa shape index (κ1) is 35.9. The van der Waals surface area contributed by atoms with Gasteiger partial charge in [0.2, 0.25) is 10.0 Å². The first-order valence-electron chi connectivity index (χ1n) is 18.1. The molecular weight excluding hydrogens is 686 g/mol. The van der Waals surface area contributed by atoms with Gasteiger partial charge in [-0.2, -0.15) is 0 Å². The molecular formula is C40H48ClN3O6S. The highest BCUT2D eigenvalue weighted by Crippen LogP contribution is 2.51. The van der Waals surface area contributed by atoms with Gasteiger partial charge in [0.15, 0.2) is 0 Å². The van der Waals surface area contributed by atoms with E-state index in [4.69, 9.17) is 21.1 Å². The Hall–Kier alpha value is -3.44. The van der Waals surface area contributed by atoms with Gasteiger partial charge in [0.1, 0.15) is 5.75 Å². The molecule has 51 heavy (non-hydrogen) atoms. The van der Waals surface area contributed by atoms with Crippen LogP contribution < -0.4 is 14.4 Å². The lowest BCUT2D eigenvalue weighted by atomic mass is 9.62. The molecule has 4 aliphatic rings. The van der Waals surface area contributed by atoms with Crippen LogP contribution in [-0.2, 0) is 26.6 Å². The Bertz CT molecular complexity index is 1910. The zero-order chi connectivity index (χ0) is 36.0. The fourth-order valence-corrected chi connectivity index (χ4v) is 10.3. The van der Waals surface area contributed by atoms with E-state index in [1.54, 1.807) is 38.4 Å². The van der Waals surface area contributed by atoms with Crippen LogP contribution in [0.2, 0.25) is 5.02 Å². The van der Waals surface area contributed by atoms with Gasteiger partial charge in [-0.3, -0.25) is 9.78 Å². The average Bonchev–Trinajstić information content (AvgIpc) is 3.25. The third-order valence-corrected chi connectivity index (χ3v) is 14.3. The van der Waals surface area contributed by atoms with Crippen molar-refractivity contribution in [2.24, 2.45) is 17.8 Å². The van der Waals surface area contributed by atoms with E-state index in [9.17, 15) is 18.3 Å². The van der Waals surface area contributed by atoms with Crippen molar-refractivity contribution in [3.63, 3.8) is 0 Å². The molecule has 2 N–H and O–H groups in total. The van der Waals surface area contributed by atoms with Gasteiger partial charge in [0, 0.05) is 48.8 Å². The number of aliphatic hydroxyl groups excluding tert-OH is 1. The number of fused-ring (bicyclic) bond motifs is 4. The van der Waals surface area contributed by atoms with E-state index in [1.165, 1.54) is 11.1 Å². The number of rotatable bonds is 4. The molecule has 1 spiro atoms. The van der Waals surface area contributed by atoms with Crippen LogP contribution in [0.15, 0.2) is 72.9 Å². The number of methoxy groups -OCH3 is 1. The Morgan fingerprint density at radius 3 is 2.75 bits per heavy atom. The highest BCUT2D eigenvalue weighted by Gasteiger charge is 2.50. The van der Waals surface area contributed by atoms with Crippen LogP contribution in [0.4, 0.5) is 5.69 Å². The minimum atomic E-state index is -4.00. The second-order valence-corrected chi connectivity index (χ2v) is 17.6. The predicted octanol–water partition coefficient (Wildman–Crippen LogP) is 6.79. The summed E-state index contributed by atoms with van der Waals surface area (Å²) in [5, 5.41) is 11.4. The lowest BCUT2D eigenvalue weighted by Gasteiger charge is -2.51. The van der Waals surface area contributed by atoms with Crippen LogP contribution in [0.25, 0.3) is 0 Å². The Balaban J connectivity index is 1.33. The Morgan fingerprint density at radius 1 is 1.16 bits per heavy atom. The molecule has 1 saturated carbocycles. The van der Waals surface area contributed by atoms with Gasteiger partial charge in [-0.1, -0.05) is 42.8 Å². The number of anilines is 1. The summed E-state index contributed by atoms with van der Waals surface area (Å²) in [6.45, 7) is 5.30. The van der Waals surface area contributed by atoms with E-state index < -0.39 is 32.9 Å². The first-order valence-corrected chi connectivity index (χ1v) is 20.0. The molecule has 0 unspecified atom stereocenters. The number of amides is 1. The van der Waals surface area contributed by atoms with Gasteiger partial charge >= 0.3 is 0 Å². The van der Waals surface area contributed by atoms with Crippen molar-refractivity contribution in [1.82, 2.24) is 9.71 Å². The van der Waals surface area contributed by atoms with Crippen molar-refractivity contribution in [2.45, 2.75) is 81.2 Å². The van der Waals surface area contributed by atoms with E-state index >= 15 is 0 Å². The molecule has 7 rings (SSSR count). The molecule has 272 valence electrons. The summed E-state index contributed by atoms with van der Waals surface area (Å²) in [5.74, 6) is -0.0282. The van der Waals surface area contributed by atoms with Crippen LogP contribution in [0.5, 0.6) is 5.75 Å². The Labute approximate surface area is 306 Å². The molecule has 3 aromatic rings. The predicted molar refractivity (Wildman–Crippen MR) is 199 cm³/mol. The Morgan fingerprint density at radius 2 is 2.00 bits per heavy atom. The van der Waals surface area contributed by atoms with Crippen molar-refractivity contribution in [3.8, 4) is 5.75 Å². The molecule has 0 radical (unpaired) electrons. The summed E-state index contributed by atoms with van der Waals surface area (Å²) < 4.78 is 42.5. The van der Waals surface area contributed by atoms with Crippen LogP contribution >= 0.6 is 11.6 Å². The van der Waals surface area contributed by atoms with Gasteiger partial charge in [0.05, 0.1) is 34.9 Å². The van der Waals surface area contributed by atoms with Crippen molar-refractivity contribution in [2.75, 3.05) is 31.7 Å². The maximum absolute atomic E-state index is 13.6. The molecule has 1 amide bonds. The van der Waals surface area contributed by atoms with Crippen molar-refractivity contribution in [1.29, 1.82) is 0 Å². The van der Waals surface area contributed by atoms with Crippen LogP contribution in [0, 0.1) is 17.8 Å². The van der Waals surface area contributed by atoms with Gasteiger partial charge in [-0.15, -0.1) is 0 Å². The van der Waals surface area contributed by atoms with Crippen LogP contribution in [0.3, 0.4) is 0 Å². The summed E-state index contributed by atoms with van der Waals surface area (Å²) in [5.41, 5.74) is 2.94. The Kier molecular flexibility index (Phi) is 9.99. The number of aliphatic hydroxyl groups is 1. The number of aryl methyl sites for hydroxylation is 1. The van der Waals surface area contributed by atoms with Crippen LogP contribution in [0.1, 0.15) is 85.7 Å². The number of ether oxygens (including phenoxy) is 2. The topological polar surface area (TPSA) is 118 Å². The van der Waals surface area contributed by atoms with Gasteiger partial charge in [-0.25, -0.2) is 13.1 Å². The third kappa shape index (κ3) is 6.92. The number of pyridine rings is 1. The zero-order valence-electron chi connectivity index (χ0n) is 29.6. The molecule has 3 heterocycles. The second kappa shape index (κ2) is 14.2. The lowest BCUT2D eigenvalue weighted by Crippen LogP contribution is -2.53. The summed E-state index contributed by atoms with van der Waals surface area (Å²) in [6, 6.07) is 16.9. The normalized spacial score (nSPS) is 31.5. The third-order valence-electron chi connectivity index (χ3n) is 12.2. The van der Waals surface area contributed by atoms with E-state index in [0.29, 0.717) is 44.0 Å². The number of halogens is 1. The van der Waals surface area contributed by atoms with E-state index in [-0.39, 0.29) is 28.7 Å². The average molecular weight is 734 g/mol. The van der Waals surface area contributed by atoms with Gasteiger partial charge < -0.3 is 19.5 Å². The van der Waals surface area contributed by atoms with Crippen molar-refractivity contribution >= 4 is 33.2 Å². The molecule has 7 atom stereocenters. The smallest absolute Gasteiger partial charge is 0.264 e. The van der Waals surface area contributed by atoms with E-state index in [2.05, 4.69) is 32.8 Å². The highest BCUT2D eigenvalue weighted by molar-refractivity contribution is 7.90. The number of carbonyl (C=O) groups excluding carboxylic acids is 1. The molecule has 11 heteroatoms. The molecule has 0 saturated heterocycles. The molecule has 1 aromatic heterocycles. The number of sulfonamides is 1. The van der Waals surface area contributed by atoms with Crippen molar-refractivity contribution < 1.29 is 27.8 Å². The van der Waals surface area contributed by atoms with Gasteiger partial charge in [-0.05, 0) is 117 Å². The number of benzene rings is 2. The molecule has 2 aliphatic carbocycles. The van der Waals surface area contributed by atoms with Crippen LogP contribution in [-0.4, -0.2) is 62.1 Å². The molecule has 2 aromatic carbocycles. The quantitative estimate of drug-likeness (QED) is 0.282. The van der Waals surface area contributed by atoms with E-state index in [0.717, 1.165) is 42.8 Å². The number of hydrogen-bond acceptors (Lipinski definition) is 8. The standard InChI is InChI=1S/C40H48ClN3O6S/c1-26-8-6-18-40(49-3,22-36(45)34-10-4-5-19-42-34)33-14-11-30(33)23-44-24-39(17-7-9-28-20-31(41)13-15-32(28)39)25-50-37-16-12-29(21-35(37)44)38(46)43-51(47,48)27(26)2/h4-6,10,12-13,15-16,18-21,26-27,30,33,36,45H,7-9,11,14,17,22-25H2,1-3H3,(H,43,46)/b18-6-/t26-,27+,30-,33+,36-,39-,40+/m0/s1. The minimum absolute atomic E-state index is 0.0639. The number of allylic oxidation sites excluding steroid dienone is 1. The second-order valence-electron chi connectivity index (χ2n) is 15.2. The summed E-state index contributed by atoms with van der Waals surface area (Å²) in [7, 11) is -2.30. The van der Waals surface area contributed by atoms with Crippen molar-refractivity contribution in [3.05, 3.63) is 100 Å². The largest absolute Gasteiger partial charge is 0.490 e. The number of aromatic nitrogens is 1. The zero-order valence-corrected chi connectivity index (χ0v) is 31.1. The maximum Gasteiger partial charge on any atom is 0.264 e. The monoisotopic (exact) mass is 733 g/mol. The lowest BCUT2D eigenvalue weighted by molar-refractivity contribution is -0.0992. The first-order chi connectivity index (χ1) is 24.4. The van der Waals surface area contributed by atoms with E-state index in [1.807, 2.05) is 37.3 Å². The van der Waals surface area contributed by atoms with Gasteiger partial charge in [0.25, 0.3) is 5.91 Å². The molecule has 1 fully saturated rings. The maximum atomic E-state index is 13.6. The SMILES string of the molecule is CO[C@@]1(C[C@H](O)c2ccccn2)/C=C\C[C@H](C)[C@@H](C)S(=O)(=O)NC(=O)c2ccc3c(c2)N(C[C@@H]2CC[C@H]21)C[C@@]1(CCCc2cc(Cl)ccc21)CO3. The number of nitrogens with one attached hydrogen (secondary N) is 1. The summed E-state index contributed by atoms with van der Waals surface area (Å²) >= 11 is 6.47. The molecule has 9 nitrogen and oxygen atoms in total. The number of nitrogens with zero attached hydrogens (tertiary/aromatic N) is 2. The summed E-state index contributed by atoms with van der Waals surface area (Å²) in [4.78, 5) is 20.4. The minimum Gasteiger partial charge on any atom is -0.490 e. The highest BCUT2D eigenvalue weighted by atomic mass is 35.5. The number of hydrogen-bond donors (Lipinski definition) is 2. The molecule has 2 aliphatic heterocycles. The number of carbonyl (C=O) groups is 1. The fraction of sp³-hybridized carbons (Fsp3) is 0.500. The molecule has 2 bridgehead atoms. The summed E-state index contributed by atoms with van der Waals surface area (Å²) in [6.07, 6.45) is 10.4. The fourth-order valence-electron chi connectivity index (χ4n) is 8.86.